The summed E-state index contributed by atoms with van der Waals surface area (Å²) in [6.45, 7) is 4.00. The highest BCUT2D eigenvalue weighted by molar-refractivity contribution is 6.09. The Morgan fingerprint density at radius 2 is 1.42 bits per heavy atom. The maximum Gasteiger partial charge on any atom is 0.0992 e. The molecule has 5 aromatic carbocycles. The zero-order valence-corrected chi connectivity index (χ0v) is 25.0. The van der Waals surface area contributed by atoms with Crippen molar-refractivity contribution in [2.24, 2.45) is 0 Å². The number of rotatable bonds is 5. The van der Waals surface area contributed by atoms with Crippen LogP contribution in [-0.4, -0.2) is 11.6 Å². The summed E-state index contributed by atoms with van der Waals surface area (Å²) in [6, 6.07) is 42.8. The molecule has 1 aromatic heterocycles. The summed E-state index contributed by atoms with van der Waals surface area (Å²) in [5.74, 6) is 0. The third-order valence-corrected chi connectivity index (χ3v) is 8.08. The number of allylic oxidation sites excluding steroid dienone is 4. The zero-order valence-electron chi connectivity index (χ0n) is 25.0. The van der Waals surface area contributed by atoms with Gasteiger partial charge in [0.25, 0.3) is 0 Å². The van der Waals surface area contributed by atoms with Crippen molar-refractivity contribution in [3.05, 3.63) is 145 Å². The molecule has 3 nitrogen and oxygen atoms in total. The molecule has 0 saturated carbocycles. The van der Waals surface area contributed by atoms with E-state index >= 15 is 0 Å². The first-order chi connectivity index (χ1) is 21.2. The van der Waals surface area contributed by atoms with Crippen molar-refractivity contribution in [1.29, 1.82) is 5.26 Å². The molecule has 0 atom stereocenters. The molecule has 0 amide bonds. The summed E-state index contributed by atoms with van der Waals surface area (Å²) < 4.78 is 2.33. The molecule has 3 heteroatoms. The molecule has 43 heavy (non-hydrogen) atoms. The molecule has 7 rings (SSSR count). The zero-order chi connectivity index (χ0) is 29.8. The number of nitrogens with zero attached hydrogens (tertiary/aromatic N) is 3. The molecule has 1 heterocycles. The van der Waals surface area contributed by atoms with Crippen LogP contribution in [0.3, 0.4) is 0 Å². The molecule has 0 bridgehead atoms. The van der Waals surface area contributed by atoms with E-state index in [0.717, 1.165) is 41.0 Å². The van der Waals surface area contributed by atoms with E-state index < -0.39 is 0 Å². The minimum atomic E-state index is 0.643. The SMILES string of the molecule is CC.CN(c1cc(C#N)cc(-c2cccc(-n3c4ccccc4c4ccccc43)c2)c1)c1ccccc1C1=CC=CCC1. The Labute approximate surface area is 254 Å². The molecule has 1 aliphatic carbocycles. The van der Waals surface area contributed by atoms with Crippen molar-refractivity contribution >= 4 is 38.8 Å². The van der Waals surface area contributed by atoms with Crippen molar-refractivity contribution in [1.82, 2.24) is 4.57 Å². The van der Waals surface area contributed by atoms with Gasteiger partial charge in [0.05, 0.1) is 22.7 Å². The van der Waals surface area contributed by atoms with Crippen LogP contribution in [0.5, 0.6) is 0 Å². The van der Waals surface area contributed by atoms with Crippen LogP contribution in [0, 0.1) is 11.3 Å². The maximum atomic E-state index is 10.00. The van der Waals surface area contributed by atoms with E-state index in [1.807, 2.05) is 26.0 Å². The molecule has 6 aromatic rings. The van der Waals surface area contributed by atoms with Crippen LogP contribution in [0.25, 0.3) is 44.2 Å². The predicted molar refractivity (Wildman–Crippen MR) is 183 cm³/mol. The van der Waals surface area contributed by atoms with Crippen LogP contribution in [-0.2, 0) is 0 Å². The lowest BCUT2D eigenvalue weighted by atomic mass is 9.95. The van der Waals surface area contributed by atoms with Crippen molar-refractivity contribution in [2.45, 2.75) is 26.7 Å². The van der Waals surface area contributed by atoms with Crippen LogP contribution in [0.2, 0.25) is 0 Å². The second-order valence-electron chi connectivity index (χ2n) is 10.5. The maximum absolute atomic E-state index is 10.00. The second-order valence-corrected chi connectivity index (χ2v) is 10.5. The van der Waals surface area contributed by atoms with Gasteiger partial charge in [-0.3, -0.25) is 0 Å². The molecule has 0 N–H and O–H groups in total. The first kappa shape index (κ1) is 27.8. The van der Waals surface area contributed by atoms with Crippen LogP contribution in [0.1, 0.15) is 37.8 Å². The molecule has 0 radical (unpaired) electrons. The second kappa shape index (κ2) is 12.3. The van der Waals surface area contributed by atoms with E-state index in [4.69, 9.17) is 0 Å². The quantitative estimate of drug-likeness (QED) is 0.211. The summed E-state index contributed by atoms with van der Waals surface area (Å²) >= 11 is 0. The third-order valence-electron chi connectivity index (χ3n) is 8.08. The highest BCUT2D eigenvalue weighted by atomic mass is 15.1. The lowest BCUT2D eigenvalue weighted by Crippen LogP contribution is -2.12. The minimum Gasteiger partial charge on any atom is -0.344 e. The molecule has 0 spiro atoms. The number of aromatic nitrogens is 1. The molecule has 0 unspecified atom stereocenters. The van der Waals surface area contributed by atoms with Gasteiger partial charge >= 0.3 is 0 Å². The Balaban J connectivity index is 0.00000161. The fourth-order valence-electron chi connectivity index (χ4n) is 6.07. The monoisotopic (exact) mass is 557 g/mol. The van der Waals surface area contributed by atoms with Crippen molar-refractivity contribution in [3.63, 3.8) is 0 Å². The fourth-order valence-corrected chi connectivity index (χ4v) is 6.07. The van der Waals surface area contributed by atoms with Crippen LogP contribution in [0.4, 0.5) is 11.4 Å². The van der Waals surface area contributed by atoms with Gasteiger partial charge in [-0.1, -0.05) is 98.8 Å². The van der Waals surface area contributed by atoms with Gasteiger partial charge < -0.3 is 9.47 Å². The van der Waals surface area contributed by atoms with E-state index in [1.54, 1.807) is 0 Å². The standard InChI is InChI=1S/C38H29N3.C2H6/c1-40(36-19-8-5-16-33(36)28-12-3-2-4-13-28)32-23-27(26-39)22-30(25-32)29-14-11-15-31(24-29)41-37-20-9-6-17-34(37)35-18-7-10-21-38(35)41;1-2/h2-3,5-12,14-25H,4,13H2,1H3;1-2H3. The van der Waals surface area contributed by atoms with Crippen molar-refractivity contribution in [2.75, 3.05) is 11.9 Å². The van der Waals surface area contributed by atoms with Gasteiger partial charge in [-0.15, -0.1) is 0 Å². The lowest BCUT2D eigenvalue weighted by molar-refractivity contribution is 1.05. The first-order valence-corrected chi connectivity index (χ1v) is 15.0. The van der Waals surface area contributed by atoms with Gasteiger partial charge in [0.1, 0.15) is 0 Å². The van der Waals surface area contributed by atoms with E-state index in [0.29, 0.717) is 5.56 Å². The third kappa shape index (κ3) is 5.25. The Kier molecular flexibility index (Phi) is 7.94. The van der Waals surface area contributed by atoms with Crippen LogP contribution < -0.4 is 4.90 Å². The lowest BCUT2D eigenvalue weighted by Gasteiger charge is -2.25. The van der Waals surface area contributed by atoms with E-state index in [9.17, 15) is 5.26 Å². The van der Waals surface area contributed by atoms with Crippen molar-refractivity contribution < 1.29 is 0 Å². The van der Waals surface area contributed by atoms with Gasteiger partial charge in [-0.2, -0.15) is 5.26 Å². The van der Waals surface area contributed by atoms with E-state index in [-0.39, 0.29) is 0 Å². The Morgan fingerprint density at radius 1 is 0.721 bits per heavy atom. The highest BCUT2D eigenvalue weighted by Crippen LogP contribution is 2.37. The average Bonchev–Trinajstić information content (AvgIpc) is 3.43. The fraction of sp³-hybridized carbons (Fsp3) is 0.125. The number of hydrogen-bond donors (Lipinski definition) is 0. The number of para-hydroxylation sites is 3. The summed E-state index contributed by atoms with van der Waals surface area (Å²) in [7, 11) is 2.09. The molecule has 210 valence electrons. The number of anilines is 2. The van der Waals surface area contributed by atoms with Gasteiger partial charge in [-0.05, 0) is 78.1 Å². The smallest absolute Gasteiger partial charge is 0.0992 e. The Morgan fingerprint density at radius 3 is 2.12 bits per heavy atom. The first-order valence-electron chi connectivity index (χ1n) is 15.0. The minimum absolute atomic E-state index is 0.643. The molecular weight excluding hydrogens is 522 g/mol. The van der Waals surface area contributed by atoms with Gasteiger partial charge in [0, 0.05) is 40.4 Å². The summed E-state index contributed by atoms with van der Waals surface area (Å²) in [5.41, 5.74) is 10.9. The van der Waals surface area contributed by atoms with Crippen LogP contribution in [0.15, 0.2) is 133 Å². The van der Waals surface area contributed by atoms with Crippen LogP contribution >= 0.6 is 0 Å². The average molecular weight is 558 g/mol. The van der Waals surface area contributed by atoms with E-state index in [2.05, 4.69) is 144 Å². The molecular formula is C40H35N3. The van der Waals surface area contributed by atoms with Crippen molar-refractivity contribution in [3.8, 4) is 22.9 Å². The molecule has 0 fully saturated rings. The predicted octanol–water partition coefficient (Wildman–Crippen LogP) is 10.8. The molecule has 0 saturated heterocycles. The summed E-state index contributed by atoms with van der Waals surface area (Å²) in [4.78, 5) is 2.20. The van der Waals surface area contributed by atoms with Gasteiger partial charge in [0.2, 0.25) is 0 Å². The van der Waals surface area contributed by atoms with Gasteiger partial charge in [-0.25, -0.2) is 0 Å². The molecule has 0 aliphatic heterocycles. The summed E-state index contributed by atoms with van der Waals surface area (Å²) in [5, 5.41) is 12.5. The number of nitriles is 1. The number of fused-ring (bicyclic) bond motifs is 3. The Bertz CT molecular complexity index is 1980. The Hall–Kier alpha value is -5.33. The summed E-state index contributed by atoms with van der Waals surface area (Å²) in [6.07, 6.45) is 8.66. The van der Waals surface area contributed by atoms with E-state index in [1.165, 1.54) is 32.9 Å². The van der Waals surface area contributed by atoms with Gasteiger partial charge in [0.15, 0.2) is 0 Å². The molecule has 1 aliphatic rings. The normalized spacial score (nSPS) is 12.4. The topological polar surface area (TPSA) is 32.0 Å². The highest BCUT2D eigenvalue weighted by Gasteiger charge is 2.16. The number of benzene rings is 5. The number of hydrogen-bond acceptors (Lipinski definition) is 2. The largest absolute Gasteiger partial charge is 0.344 e.